The van der Waals surface area contributed by atoms with Crippen molar-refractivity contribution in [3.63, 3.8) is 0 Å². The van der Waals surface area contributed by atoms with Crippen LogP contribution in [0.25, 0.3) is 0 Å². The predicted octanol–water partition coefficient (Wildman–Crippen LogP) is 1.53. The van der Waals surface area contributed by atoms with Crippen LogP contribution in [0.15, 0.2) is 18.2 Å². The number of nitro groups is 1. The molecule has 0 heterocycles. The standard InChI is InChI=1S/C13H19N3O4/c1-3-10(6-7-17)15-11-5-4-9(13(18)14-2)8-12(11)16(19)20/h4-5,8,10,15,17H,3,6-7H2,1-2H3,(H,14,18). The molecule has 7 nitrogen and oxygen atoms in total. The van der Waals surface area contributed by atoms with E-state index < -0.39 is 4.92 Å². The summed E-state index contributed by atoms with van der Waals surface area (Å²) >= 11 is 0. The van der Waals surface area contributed by atoms with Gasteiger partial charge in [0.2, 0.25) is 0 Å². The van der Waals surface area contributed by atoms with E-state index >= 15 is 0 Å². The minimum absolute atomic E-state index is 0.00955. The summed E-state index contributed by atoms with van der Waals surface area (Å²) in [6.45, 7) is 1.94. The highest BCUT2D eigenvalue weighted by Crippen LogP contribution is 2.27. The second kappa shape index (κ2) is 7.44. The molecule has 1 aromatic rings. The fourth-order valence-electron chi connectivity index (χ4n) is 1.84. The molecule has 0 saturated heterocycles. The van der Waals surface area contributed by atoms with E-state index in [0.717, 1.165) is 6.42 Å². The molecule has 1 rings (SSSR count). The average molecular weight is 281 g/mol. The van der Waals surface area contributed by atoms with Crippen molar-refractivity contribution in [1.82, 2.24) is 5.32 Å². The molecule has 20 heavy (non-hydrogen) atoms. The van der Waals surface area contributed by atoms with Crippen LogP contribution in [0.2, 0.25) is 0 Å². The number of carbonyl (C=O) groups is 1. The lowest BCUT2D eigenvalue weighted by Crippen LogP contribution is -2.21. The van der Waals surface area contributed by atoms with Crippen LogP contribution in [-0.2, 0) is 0 Å². The number of benzene rings is 1. The molecular formula is C13H19N3O4. The second-order valence-corrected chi connectivity index (χ2v) is 4.33. The SMILES string of the molecule is CCC(CCO)Nc1ccc(C(=O)NC)cc1[N+](=O)[O-]. The zero-order valence-electron chi connectivity index (χ0n) is 11.5. The number of nitro benzene ring substituents is 1. The Labute approximate surface area is 117 Å². The normalized spacial score (nSPS) is 11.8. The number of aliphatic hydroxyl groups is 1. The molecular weight excluding hydrogens is 262 g/mol. The third kappa shape index (κ3) is 3.92. The van der Waals surface area contributed by atoms with Crippen LogP contribution in [0.5, 0.6) is 0 Å². The van der Waals surface area contributed by atoms with Gasteiger partial charge in [0.1, 0.15) is 5.69 Å². The molecule has 3 N–H and O–H groups in total. The number of anilines is 1. The van der Waals surface area contributed by atoms with Gasteiger partial charge in [-0.25, -0.2) is 0 Å². The summed E-state index contributed by atoms with van der Waals surface area (Å²) in [7, 11) is 1.47. The van der Waals surface area contributed by atoms with E-state index in [2.05, 4.69) is 10.6 Å². The van der Waals surface area contributed by atoms with Gasteiger partial charge < -0.3 is 15.7 Å². The largest absolute Gasteiger partial charge is 0.396 e. The number of nitrogens with one attached hydrogen (secondary N) is 2. The number of amides is 1. The van der Waals surface area contributed by atoms with Crippen LogP contribution >= 0.6 is 0 Å². The Kier molecular flexibility index (Phi) is 5.92. The monoisotopic (exact) mass is 281 g/mol. The van der Waals surface area contributed by atoms with Gasteiger partial charge in [0.15, 0.2) is 0 Å². The Morgan fingerprint density at radius 1 is 1.50 bits per heavy atom. The molecule has 0 aromatic heterocycles. The van der Waals surface area contributed by atoms with Gasteiger partial charge >= 0.3 is 0 Å². The number of hydrogen-bond donors (Lipinski definition) is 3. The van der Waals surface area contributed by atoms with Crippen molar-refractivity contribution in [2.24, 2.45) is 0 Å². The number of rotatable bonds is 7. The highest BCUT2D eigenvalue weighted by molar-refractivity contribution is 5.95. The Morgan fingerprint density at radius 2 is 2.20 bits per heavy atom. The molecule has 0 aliphatic heterocycles. The zero-order valence-corrected chi connectivity index (χ0v) is 11.5. The number of hydrogen-bond acceptors (Lipinski definition) is 5. The fourth-order valence-corrected chi connectivity index (χ4v) is 1.84. The van der Waals surface area contributed by atoms with E-state index in [-0.39, 0.29) is 29.8 Å². The summed E-state index contributed by atoms with van der Waals surface area (Å²) in [5.74, 6) is -0.373. The Hall–Kier alpha value is -2.15. The van der Waals surface area contributed by atoms with Gasteiger partial charge in [0, 0.05) is 31.3 Å². The Balaban J connectivity index is 3.07. The van der Waals surface area contributed by atoms with Crippen molar-refractivity contribution in [2.75, 3.05) is 19.0 Å². The molecule has 1 unspecified atom stereocenters. The molecule has 1 atom stereocenters. The summed E-state index contributed by atoms with van der Waals surface area (Å²) in [4.78, 5) is 22.1. The van der Waals surface area contributed by atoms with E-state index in [9.17, 15) is 14.9 Å². The highest BCUT2D eigenvalue weighted by Gasteiger charge is 2.19. The van der Waals surface area contributed by atoms with Crippen LogP contribution in [0.1, 0.15) is 30.1 Å². The van der Waals surface area contributed by atoms with Crippen LogP contribution < -0.4 is 10.6 Å². The van der Waals surface area contributed by atoms with Gasteiger partial charge in [-0.05, 0) is 25.0 Å². The van der Waals surface area contributed by atoms with Crippen molar-refractivity contribution in [3.05, 3.63) is 33.9 Å². The van der Waals surface area contributed by atoms with E-state index in [1.165, 1.54) is 25.2 Å². The first-order valence-electron chi connectivity index (χ1n) is 6.41. The Morgan fingerprint density at radius 3 is 2.70 bits per heavy atom. The molecule has 0 radical (unpaired) electrons. The third-order valence-electron chi connectivity index (χ3n) is 3.01. The number of nitrogens with zero attached hydrogens (tertiary/aromatic N) is 1. The summed E-state index contributed by atoms with van der Waals surface area (Å²) in [6.07, 6.45) is 1.24. The first-order chi connectivity index (χ1) is 9.53. The molecule has 1 amide bonds. The lowest BCUT2D eigenvalue weighted by atomic mass is 10.1. The average Bonchev–Trinajstić information content (AvgIpc) is 2.45. The molecule has 0 fully saturated rings. The van der Waals surface area contributed by atoms with Gasteiger partial charge in [0.05, 0.1) is 4.92 Å². The molecule has 110 valence electrons. The van der Waals surface area contributed by atoms with Crippen molar-refractivity contribution < 1.29 is 14.8 Å². The van der Waals surface area contributed by atoms with Gasteiger partial charge in [-0.3, -0.25) is 14.9 Å². The van der Waals surface area contributed by atoms with Gasteiger partial charge in [-0.2, -0.15) is 0 Å². The summed E-state index contributed by atoms with van der Waals surface area (Å²) in [5.41, 5.74) is 0.436. The minimum atomic E-state index is -0.527. The maximum absolute atomic E-state index is 11.5. The zero-order chi connectivity index (χ0) is 15.1. The van der Waals surface area contributed by atoms with Crippen molar-refractivity contribution in [2.45, 2.75) is 25.8 Å². The Bertz CT molecular complexity index is 491. The van der Waals surface area contributed by atoms with Crippen molar-refractivity contribution >= 4 is 17.3 Å². The van der Waals surface area contributed by atoms with Crippen LogP contribution in [0.4, 0.5) is 11.4 Å². The highest BCUT2D eigenvalue weighted by atomic mass is 16.6. The van der Waals surface area contributed by atoms with E-state index in [1.54, 1.807) is 0 Å². The van der Waals surface area contributed by atoms with Crippen molar-refractivity contribution in [3.8, 4) is 0 Å². The molecule has 7 heteroatoms. The van der Waals surface area contributed by atoms with Gasteiger partial charge in [-0.1, -0.05) is 6.92 Å². The molecule has 0 bridgehead atoms. The molecule has 1 aromatic carbocycles. The number of aliphatic hydroxyl groups excluding tert-OH is 1. The fraction of sp³-hybridized carbons (Fsp3) is 0.462. The smallest absolute Gasteiger partial charge is 0.293 e. The van der Waals surface area contributed by atoms with Crippen LogP contribution in [0, 0.1) is 10.1 Å². The van der Waals surface area contributed by atoms with E-state index in [4.69, 9.17) is 5.11 Å². The molecule has 0 spiro atoms. The first-order valence-corrected chi connectivity index (χ1v) is 6.41. The van der Waals surface area contributed by atoms with E-state index in [1.807, 2.05) is 6.92 Å². The van der Waals surface area contributed by atoms with Gasteiger partial charge in [0.25, 0.3) is 11.6 Å². The minimum Gasteiger partial charge on any atom is -0.396 e. The first kappa shape index (κ1) is 15.9. The second-order valence-electron chi connectivity index (χ2n) is 4.33. The topological polar surface area (TPSA) is 104 Å². The predicted molar refractivity (Wildman–Crippen MR) is 75.9 cm³/mol. The summed E-state index contributed by atoms with van der Waals surface area (Å²) in [6, 6.07) is 4.24. The molecule has 0 saturated carbocycles. The quantitative estimate of drug-likeness (QED) is 0.519. The molecule has 0 aliphatic carbocycles. The summed E-state index contributed by atoms with van der Waals surface area (Å²) < 4.78 is 0. The maximum Gasteiger partial charge on any atom is 0.293 e. The van der Waals surface area contributed by atoms with Gasteiger partial charge in [-0.15, -0.1) is 0 Å². The van der Waals surface area contributed by atoms with Crippen LogP contribution in [-0.4, -0.2) is 35.6 Å². The lowest BCUT2D eigenvalue weighted by molar-refractivity contribution is -0.384. The van der Waals surface area contributed by atoms with E-state index in [0.29, 0.717) is 12.1 Å². The van der Waals surface area contributed by atoms with Crippen molar-refractivity contribution in [1.29, 1.82) is 0 Å². The molecule has 0 aliphatic rings. The number of carbonyl (C=O) groups excluding carboxylic acids is 1. The van der Waals surface area contributed by atoms with Crippen LogP contribution in [0.3, 0.4) is 0 Å². The lowest BCUT2D eigenvalue weighted by Gasteiger charge is -2.17. The maximum atomic E-state index is 11.5. The third-order valence-corrected chi connectivity index (χ3v) is 3.01. The summed E-state index contributed by atoms with van der Waals surface area (Å²) in [5, 5.41) is 25.5.